The van der Waals surface area contributed by atoms with Gasteiger partial charge < -0.3 is 15.4 Å². The van der Waals surface area contributed by atoms with Gasteiger partial charge in [-0.3, -0.25) is 0 Å². The molecule has 1 atom stereocenters. The van der Waals surface area contributed by atoms with Crippen LogP contribution in [-0.4, -0.2) is 36.6 Å². The van der Waals surface area contributed by atoms with Gasteiger partial charge in [0.15, 0.2) is 5.96 Å². The van der Waals surface area contributed by atoms with Crippen molar-refractivity contribution in [3.8, 4) is 5.75 Å². The van der Waals surface area contributed by atoms with Crippen molar-refractivity contribution in [2.75, 3.05) is 19.6 Å². The molecule has 4 nitrogen and oxygen atoms in total. The summed E-state index contributed by atoms with van der Waals surface area (Å²) in [7, 11) is 0. The normalized spacial score (nSPS) is 13.7. The second kappa shape index (κ2) is 8.64. The predicted octanol–water partition coefficient (Wildman–Crippen LogP) is 3.52. The summed E-state index contributed by atoms with van der Waals surface area (Å²) in [5, 5.41) is 0. The molecule has 0 fully saturated rings. The van der Waals surface area contributed by atoms with E-state index in [1.807, 2.05) is 25.7 Å². The summed E-state index contributed by atoms with van der Waals surface area (Å²) in [4.78, 5) is 6.18. The summed E-state index contributed by atoms with van der Waals surface area (Å²) in [6.07, 6.45) is -4.09. The van der Waals surface area contributed by atoms with Crippen LogP contribution in [0.5, 0.6) is 5.75 Å². The smallest absolute Gasteiger partial charge is 0.416 e. The van der Waals surface area contributed by atoms with E-state index in [0.29, 0.717) is 18.9 Å². The van der Waals surface area contributed by atoms with E-state index in [4.69, 9.17) is 10.5 Å². The van der Waals surface area contributed by atoms with Gasteiger partial charge in [-0.1, -0.05) is 13.0 Å². The largest absolute Gasteiger partial charge is 0.488 e. The highest BCUT2D eigenvalue weighted by atomic mass is 19.4. The minimum absolute atomic E-state index is 0.184. The van der Waals surface area contributed by atoms with Crippen LogP contribution in [-0.2, 0) is 6.18 Å². The third-order valence-electron chi connectivity index (χ3n) is 3.46. The molecule has 0 spiro atoms. The van der Waals surface area contributed by atoms with Gasteiger partial charge in [-0.15, -0.1) is 0 Å². The number of hydrogen-bond acceptors (Lipinski definition) is 2. The Bertz CT molecular complexity index is 514. The summed E-state index contributed by atoms with van der Waals surface area (Å²) in [5.74, 6) is 0.601. The van der Waals surface area contributed by atoms with Crippen LogP contribution in [0.3, 0.4) is 0 Å². The van der Waals surface area contributed by atoms with E-state index in [9.17, 15) is 13.2 Å². The van der Waals surface area contributed by atoms with E-state index >= 15 is 0 Å². The third-order valence-corrected chi connectivity index (χ3v) is 3.46. The SMILES string of the molecule is CCC(CN=C(N)N(CC)CC)Oc1cccc(C(F)(F)F)c1. The van der Waals surface area contributed by atoms with Crippen LogP contribution in [0, 0.1) is 0 Å². The fourth-order valence-corrected chi connectivity index (χ4v) is 2.03. The van der Waals surface area contributed by atoms with E-state index < -0.39 is 11.7 Å². The van der Waals surface area contributed by atoms with Gasteiger partial charge in [0.1, 0.15) is 11.9 Å². The van der Waals surface area contributed by atoms with E-state index in [2.05, 4.69) is 4.99 Å². The van der Waals surface area contributed by atoms with Crippen LogP contribution in [0.25, 0.3) is 0 Å². The van der Waals surface area contributed by atoms with Crippen LogP contribution in [0.2, 0.25) is 0 Å². The van der Waals surface area contributed by atoms with Crippen molar-refractivity contribution in [1.82, 2.24) is 4.90 Å². The van der Waals surface area contributed by atoms with Crippen LogP contribution in [0.1, 0.15) is 32.8 Å². The zero-order chi connectivity index (χ0) is 17.5. The summed E-state index contributed by atoms with van der Waals surface area (Å²) in [6.45, 7) is 7.63. The molecule has 0 bridgehead atoms. The zero-order valence-electron chi connectivity index (χ0n) is 13.7. The number of guanidine groups is 1. The van der Waals surface area contributed by atoms with Gasteiger partial charge in [-0.25, -0.2) is 4.99 Å². The summed E-state index contributed by atoms with van der Waals surface area (Å²) < 4.78 is 43.7. The van der Waals surface area contributed by atoms with Gasteiger partial charge in [0, 0.05) is 13.1 Å². The maximum atomic E-state index is 12.7. The molecule has 1 aromatic rings. The lowest BCUT2D eigenvalue weighted by molar-refractivity contribution is -0.137. The molecule has 1 rings (SSSR count). The topological polar surface area (TPSA) is 50.8 Å². The Hall–Kier alpha value is -1.92. The summed E-state index contributed by atoms with van der Waals surface area (Å²) >= 11 is 0. The number of alkyl halides is 3. The van der Waals surface area contributed by atoms with Crippen molar-refractivity contribution < 1.29 is 17.9 Å². The molecule has 130 valence electrons. The monoisotopic (exact) mass is 331 g/mol. The standard InChI is InChI=1S/C16H24F3N3O/c1-4-13(11-21-15(20)22(5-2)6-3)23-14-9-7-8-12(10-14)16(17,18)19/h7-10,13H,4-6,11H2,1-3H3,(H2,20,21). The molecule has 0 saturated heterocycles. The fourth-order valence-electron chi connectivity index (χ4n) is 2.03. The average Bonchev–Trinajstić information content (AvgIpc) is 2.52. The number of rotatable bonds is 7. The van der Waals surface area contributed by atoms with Crippen molar-refractivity contribution in [1.29, 1.82) is 0 Å². The Morgan fingerprint density at radius 3 is 2.43 bits per heavy atom. The van der Waals surface area contributed by atoms with Crippen LogP contribution in [0.15, 0.2) is 29.3 Å². The third kappa shape index (κ3) is 6.00. The number of aliphatic imine (C=N–C) groups is 1. The molecule has 0 saturated carbocycles. The number of benzene rings is 1. The van der Waals surface area contributed by atoms with Gasteiger partial charge in [-0.05, 0) is 38.5 Å². The highest BCUT2D eigenvalue weighted by Crippen LogP contribution is 2.31. The lowest BCUT2D eigenvalue weighted by atomic mass is 10.2. The molecule has 0 amide bonds. The molecule has 7 heteroatoms. The number of nitrogens with two attached hydrogens (primary N) is 1. The van der Waals surface area contributed by atoms with Crippen molar-refractivity contribution >= 4 is 5.96 Å². The van der Waals surface area contributed by atoms with Gasteiger partial charge in [-0.2, -0.15) is 13.2 Å². The Kier molecular flexibility index (Phi) is 7.19. The number of hydrogen-bond donors (Lipinski definition) is 1. The molecule has 1 aromatic carbocycles. The highest BCUT2D eigenvalue weighted by Gasteiger charge is 2.30. The van der Waals surface area contributed by atoms with Gasteiger partial charge in [0.05, 0.1) is 12.1 Å². The van der Waals surface area contributed by atoms with E-state index in [-0.39, 0.29) is 11.9 Å². The Morgan fingerprint density at radius 1 is 1.26 bits per heavy atom. The van der Waals surface area contributed by atoms with Gasteiger partial charge in [0.2, 0.25) is 0 Å². The first-order valence-corrected chi connectivity index (χ1v) is 7.70. The quantitative estimate of drug-likeness (QED) is 0.614. The Morgan fingerprint density at radius 2 is 1.91 bits per heavy atom. The maximum Gasteiger partial charge on any atom is 0.416 e. The van der Waals surface area contributed by atoms with Gasteiger partial charge in [0.25, 0.3) is 0 Å². The Balaban J connectivity index is 2.75. The number of ether oxygens (including phenoxy) is 1. The van der Waals surface area contributed by atoms with E-state index in [1.165, 1.54) is 12.1 Å². The van der Waals surface area contributed by atoms with Crippen molar-refractivity contribution in [3.63, 3.8) is 0 Å². The Labute approximate surface area is 135 Å². The molecular weight excluding hydrogens is 307 g/mol. The number of nitrogens with zero attached hydrogens (tertiary/aromatic N) is 2. The molecule has 23 heavy (non-hydrogen) atoms. The van der Waals surface area contributed by atoms with E-state index in [0.717, 1.165) is 25.2 Å². The van der Waals surface area contributed by atoms with Crippen molar-refractivity contribution in [3.05, 3.63) is 29.8 Å². The molecule has 1 unspecified atom stereocenters. The molecule has 0 aliphatic carbocycles. The van der Waals surface area contributed by atoms with Crippen LogP contribution in [0.4, 0.5) is 13.2 Å². The lowest BCUT2D eigenvalue weighted by Crippen LogP contribution is -2.38. The molecule has 0 heterocycles. The first-order chi connectivity index (χ1) is 10.8. The lowest BCUT2D eigenvalue weighted by Gasteiger charge is -2.21. The first-order valence-electron chi connectivity index (χ1n) is 7.70. The van der Waals surface area contributed by atoms with Gasteiger partial charge >= 0.3 is 6.18 Å². The molecule has 0 radical (unpaired) electrons. The molecule has 2 N–H and O–H groups in total. The second-order valence-electron chi connectivity index (χ2n) is 5.04. The minimum atomic E-state index is -4.38. The van der Waals surface area contributed by atoms with Crippen molar-refractivity contribution in [2.24, 2.45) is 10.7 Å². The summed E-state index contributed by atoms with van der Waals surface area (Å²) in [6, 6.07) is 4.86. The molecular formula is C16H24F3N3O. The van der Waals surface area contributed by atoms with E-state index in [1.54, 1.807) is 0 Å². The van der Waals surface area contributed by atoms with Crippen LogP contribution >= 0.6 is 0 Å². The molecule has 0 aromatic heterocycles. The number of halogens is 3. The second-order valence-corrected chi connectivity index (χ2v) is 5.04. The maximum absolute atomic E-state index is 12.7. The predicted molar refractivity (Wildman–Crippen MR) is 85.6 cm³/mol. The van der Waals surface area contributed by atoms with Crippen molar-refractivity contribution in [2.45, 2.75) is 39.5 Å². The molecule has 0 aliphatic rings. The minimum Gasteiger partial charge on any atom is -0.488 e. The zero-order valence-corrected chi connectivity index (χ0v) is 13.7. The summed E-state index contributed by atoms with van der Waals surface area (Å²) in [5.41, 5.74) is 5.16. The average molecular weight is 331 g/mol. The van der Waals surface area contributed by atoms with Crippen LogP contribution < -0.4 is 10.5 Å². The highest BCUT2D eigenvalue weighted by molar-refractivity contribution is 5.78. The fraction of sp³-hybridized carbons (Fsp3) is 0.562. The molecule has 0 aliphatic heterocycles. The first kappa shape index (κ1) is 19.1.